The Labute approximate surface area is 197 Å². The van der Waals surface area contributed by atoms with Crippen LogP contribution in [0.1, 0.15) is 39.2 Å². The van der Waals surface area contributed by atoms with E-state index < -0.39 is 6.09 Å². The molecule has 0 spiro atoms. The number of hydrogen-bond donors (Lipinski definition) is 2. The average molecular weight is 458 g/mol. The molecule has 1 saturated carbocycles. The number of aromatic nitrogens is 3. The number of fused-ring (bicyclic) bond motifs is 1. The molecule has 3 N–H and O–H groups in total. The Kier molecular flexibility index (Phi) is 5.79. The molecule has 0 radical (unpaired) electrons. The summed E-state index contributed by atoms with van der Waals surface area (Å²) in [5.74, 6) is 0.659. The first kappa shape index (κ1) is 21.8. The second kappa shape index (κ2) is 9.05. The van der Waals surface area contributed by atoms with Gasteiger partial charge in [0.15, 0.2) is 0 Å². The molecule has 0 unspecified atom stereocenters. The molecule has 5 rings (SSSR count). The van der Waals surface area contributed by atoms with Crippen LogP contribution in [0.25, 0.3) is 22.2 Å². The highest BCUT2D eigenvalue weighted by molar-refractivity contribution is 6.01. The third-order valence-corrected chi connectivity index (χ3v) is 5.95. The van der Waals surface area contributed by atoms with Crippen molar-refractivity contribution in [3.05, 3.63) is 60.9 Å². The van der Waals surface area contributed by atoms with E-state index in [2.05, 4.69) is 19.9 Å². The number of anilines is 2. The van der Waals surface area contributed by atoms with Crippen LogP contribution < -0.4 is 15.8 Å². The minimum Gasteiger partial charge on any atom is -0.447 e. The van der Waals surface area contributed by atoms with E-state index in [1.54, 1.807) is 18.5 Å². The molecule has 8 nitrogen and oxygen atoms in total. The van der Waals surface area contributed by atoms with E-state index in [0.717, 1.165) is 40.7 Å². The summed E-state index contributed by atoms with van der Waals surface area (Å²) < 4.78 is 13.4. The average Bonchev–Trinajstić information content (AvgIpc) is 3.05. The molecular weight excluding hydrogens is 430 g/mol. The number of nitrogens with one attached hydrogen (secondary N) is 1. The molecule has 2 aromatic carbocycles. The highest BCUT2D eigenvalue weighted by Gasteiger charge is 2.27. The van der Waals surface area contributed by atoms with Crippen LogP contribution in [0.5, 0.6) is 11.8 Å². The number of carbonyl (C=O) groups is 1. The van der Waals surface area contributed by atoms with Gasteiger partial charge in [0.2, 0.25) is 0 Å². The lowest BCUT2D eigenvalue weighted by molar-refractivity contribution is 0.130. The number of benzene rings is 2. The predicted molar refractivity (Wildman–Crippen MR) is 132 cm³/mol. The number of nitrogens with zero attached hydrogens (tertiary/aromatic N) is 3. The zero-order valence-electron chi connectivity index (χ0n) is 19.2. The normalized spacial score (nSPS) is 13.6. The molecule has 2 aromatic heterocycles. The van der Waals surface area contributed by atoms with Gasteiger partial charge < -0.3 is 19.8 Å². The van der Waals surface area contributed by atoms with Crippen LogP contribution >= 0.6 is 0 Å². The summed E-state index contributed by atoms with van der Waals surface area (Å²) in [5.41, 5.74) is 11.1. The van der Waals surface area contributed by atoms with Crippen molar-refractivity contribution in [2.24, 2.45) is 0 Å². The fourth-order valence-corrected chi connectivity index (χ4v) is 4.21. The third-order valence-electron chi connectivity index (χ3n) is 5.95. The summed E-state index contributed by atoms with van der Waals surface area (Å²) in [7, 11) is 0. The van der Waals surface area contributed by atoms with Crippen LogP contribution in [0.15, 0.2) is 60.9 Å². The van der Waals surface area contributed by atoms with Crippen molar-refractivity contribution in [1.29, 1.82) is 0 Å². The van der Waals surface area contributed by atoms with Crippen molar-refractivity contribution in [2.45, 2.75) is 45.3 Å². The van der Waals surface area contributed by atoms with Crippen molar-refractivity contribution in [3.63, 3.8) is 0 Å². The zero-order chi connectivity index (χ0) is 23.7. The zero-order valence-corrected chi connectivity index (χ0v) is 19.2. The van der Waals surface area contributed by atoms with E-state index in [-0.39, 0.29) is 6.10 Å². The maximum Gasteiger partial charge on any atom is 0.411 e. The van der Waals surface area contributed by atoms with E-state index >= 15 is 0 Å². The van der Waals surface area contributed by atoms with Crippen LogP contribution in [-0.4, -0.2) is 26.7 Å². The number of rotatable bonds is 6. The van der Waals surface area contributed by atoms with Crippen LogP contribution in [0.4, 0.5) is 16.2 Å². The van der Waals surface area contributed by atoms with Crippen LogP contribution in [0, 0.1) is 0 Å². The Bertz CT molecular complexity index is 1310. The fraction of sp³-hybridized carbons (Fsp3) is 0.269. The Balaban J connectivity index is 1.51. The molecule has 0 bridgehead atoms. The van der Waals surface area contributed by atoms with Crippen LogP contribution in [0.2, 0.25) is 0 Å². The molecule has 1 aliphatic rings. The lowest BCUT2D eigenvalue weighted by atomic mass is 9.92. The smallest absolute Gasteiger partial charge is 0.411 e. The van der Waals surface area contributed by atoms with Gasteiger partial charge in [-0.25, -0.2) is 14.8 Å². The summed E-state index contributed by atoms with van der Waals surface area (Å²) in [5, 5.41) is 3.73. The van der Waals surface area contributed by atoms with Crippen molar-refractivity contribution < 1.29 is 14.3 Å². The molecule has 4 aromatic rings. The van der Waals surface area contributed by atoms with Gasteiger partial charge in [0.1, 0.15) is 5.75 Å². The van der Waals surface area contributed by atoms with Gasteiger partial charge in [-0.15, -0.1) is 0 Å². The Morgan fingerprint density at radius 2 is 1.85 bits per heavy atom. The minimum atomic E-state index is -0.472. The highest BCUT2D eigenvalue weighted by atomic mass is 16.6. The van der Waals surface area contributed by atoms with Gasteiger partial charge in [-0.2, -0.15) is 0 Å². The lowest BCUT2D eigenvalue weighted by Gasteiger charge is -2.30. The fourth-order valence-electron chi connectivity index (χ4n) is 4.21. The van der Waals surface area contributed by atoms with Gasteiger partial charge in [0.25, 0.3) is 0 Å². The Morgan fingerprint density at radius 1 is 1.12 bits per heavy atom. The highest BCUT2D eigenvalue weighted by Crippen LogP contribution is 2.45. The first-order valence-corrected chi connectivity index (χ1v) is 11.5. The van der Waals surface area contributed by atoms with Crippen molar-refractivity contribution in [2.75, 3.05) is 11.1 Å². The quantitative estimate of drug-likeness (QED) is 0.360. The number of carbonyl (C=O) groups excluding carboxylic acids is 1. The van der Waals surface area contributed by atoms with Crippen LogP contribution in [-0.2, 0) is 4.74 Å². The van der Waals surface area contributed by atoms with Gasteiger partial charge >= 0.3 is 12.1 Å². The van der Waals surface area contributed by atoms with Gasteiger partial charge in [0.05, 0.1) is 23.0 Å². The SMILES string of the molecule is CC(C)OC(=O)Nc1ccc(-c2c(N)c3ccc(Oc4ncccn4)cc3n2C2CCC2)cc1. The van der Waals surface area contributed by atoms with Crippen molar-refractivity contribution >= 4 is 28.4 Å². The lowest BCUT2D eigenvalue weighted by Crippen LogP contribution is -2.18. The summed E-state index contributed by atoms with van der Waals surface area (Å²) in [6, 6.07) is 16.0. The molecule has 0 saturated heterocycles. The summed E-state index contributed by atoms with van der Waals surface area (Å²) in [6.07, 6.45) is 6.04. The Morgan fingerprint density at radius 3 is 2.50 bits per heavy atom. The predicted octanol–water partition coefficient (Wildman–Crippen LogP) is 6.15. The monoisotopic (exact) mass is 457 g/mol. The van der Waals surface area contributed by atoms with Crippen molar-refractivity contribution in [3.8, 4) is 23.0 Å². The van der Waals surface area contributed by atoms with E-state index in [1.165, 1.54) is 6.42 Å². The van der Waals surface area contributed by atoms with Gasteiger partial charge in [-0.05, 0) is 63.4 Å². The van der Waals surface area contributed by atoms with E-state index in [0.29, 0.717) is 23.5 Å². The van der Waals surface area contributed by atoms with Crippen molar-refractivity contribution in [1.82, 2.24) is 14.5 Å². The topological polar surface area (TPSA) is 104 Å². The molecular formula is C26H27N5O3. The van der Waals surface area contributed by atoms with Gasteiger partial charge in [0, 0.05) is 41.1 Å². The molecule has 8 heteroatoms. The maximum atomic E-state index is 11.9. The number of amides is 1. The standard InChI is InChI=1S/C26H27N5O3/c1-16(2)33-26(32)30-18-9-7-17(8-10-18)24-23(27)21-12-11-20(34-25-28-13-4-14-29-25)15-22(21)31(24)19-5-3-6-19/h4,7-16,19H,3,5-6,27H2,1-2H3,(H,30,32). The Hall–Kier alpha value is -4.07. The first-order valence-electron chi connectivity index (χ1n) is 11.5. The summed E-state index contributed by atoms with van der Waals surface area (Å²) in [6.45, 7) is 3.63. The molecule has 0 atom stereocenters. The van der Waals surface area contributed by atoms with E-state index in [4.69, 9.17) is 15.2 Å². The molecule has 1 fully saturated rings. The van der Waals surface area contributed by atoms with Crippen LogP contribution in [0.3, 0.4) is 0 Å². The van der Waals surface area contributed by atoms with Gasteiger partial charge in [-0.3, -0.25) is 5.32 Å². The molecule has 1 aliphatic carbocycles. The molecule has 2 heterocycles. The molecule has 174 valence electrons. The second-order valence-electron chi connectivity index (χ2n) is 8.69. The first-order chi connectivity index (χ1) is 16.5. The van der Waals surface area contributed by atoms with E-state index in [1.807, 2.05) is 56.3 Å². The number of hydrogen-bond acceptors (Lipinski definition) is 6. The number of ether oxygens (including phenoxy) is 2. The third kappa shape index (κ3) is 4.26. The van der Waals surface area contributed by atoms with Gasteiger partial charge in [-0.1, -0.05) is 12.1 Å². The molecule has 0 aliphatic heterocycles. The largest absolute Gasteiger partial charge is 0.447 e. The molecule has 1 amide bonds. The summed E-state index contributed by atoms with van der Waals surface area (Å²) in [4.78, 5) is 20.2. The maximum absolute atomic E-state index is 11.9. The van der Waals surface area contributed by atoms with E-state index in [9.17, 15) is 4.79 Å². The minimum absolute atomic E-state index is 0.181. The summed E-state index contributed by atoms with van der Waals surface area (Å²) >= 11 is 0. The number of nitrogen functional groups attached to an aromatic ring is 1. The number of nitrogens with two attached hydrogens (primary N) is 1. The second-order valence-corrected chi connectivity index (χ2v) is 8.69. The molecule has 34 heavy (non-hydrogen) atoms.